The summed E-state index contributed by atoms with van der Waals surface area (Å²) in [6.07, 6.45) is 0. The SMILES string of the molecule is O=C(NCCS(=O)(=O)N1CCN(c2ccc(F)cc2)CC1)Nc1c(F)cccc1F. The predicted octanol–water partition coefficient (Wildman–Crippen LogP) is 2.38. The number of urea groups is 1. The van der Waals surface area contributed by atoms with Gasteiger partial charge in [0.25, 0.3) is 0 Å². The lowest BCUT2D eigenvalue weighted by atomic mass is 10.2. The standard InChI is InChI=1S/C19H21F3N4O3S/c20-14-4-6-15(7-5-14)25-9-11-26(12-10-25)30(28,29)13-8-23-19(27)24-18-16(21)2-1-3-17(18)22/h1-7H,8-13H2,(H2,23,24,27). The van der Waals surface area contributed by atoms with Crippen LogP contribution >= 0.6 is 0 Å². The molecule has 0 radical (unpaired) electrons. The van der Waals surface area contributed by atoms with E-state index in [0.717, 1.165) is 23.9 Å². The van der Waals surface area contributed by atoms with Crippen molar-refractivity contribution in [3.05, 3.63) is 59.9 Å². The van der Waals surface area contributed by atoms with E-state index in [4.69, 9.17) is 0 Å². The van der Waals surface area contributed by atoms with E-state index in [0.29, 0.717) is 13.1 Å². The molecule has 0 atom stereocenters. The average Bonchev–Trinajstić information content (AvgIpc) is 2.71. The van der Waals surface area contributed by atoms with Crippen molar-refractivity contribution in [1.82, 2.24) is 9.62 Å². The van der Waals surface area contributed by atoms with E-state index in [1.54, 1.807) is 12.1 Å². The van der Waals surface area contributed by atoms with Gasteiger partial charge in [0, 0.05) is 38.4 Å². The number of nitrogens with zero attached hydrogens (tertiary/aromatic N) is 2. The minimum absolute atomic E-state index is 0.220. The van der Waals surface area contributed by atoms with Crippen molar-refractivity contribution in [1.29, 1.82) is 0 Å². The fourth-order valence-electron chi connectivity index (χ4n) is 3.07. The molecule has 1 aliphatic rings. The fourth-order valence-corrected chi connectivity index (χ4v) is 4.41. The topological polar surface area (TPSA) is 81.8 Å². The van der Waals surface area contributed by atoms with Gasteiger partial charge in [0.2, 0.25) is 10.0 Å². The Hall–Kier alpha value is -2.79. The normalized spacial score (nSPS) is 15.1. The Morgan fingerprint density at radius 2 is 1.53 bits per heavy atom. The average molecular weight is 442 g/mol. The van der Waals surface area contributed by atoms with Crippen LogP contribution in [0.15, 0.2) is 42.5 Å². The van der Waals surface area contributed by atoms with Crippen molar-refractivity contribution in [2.75, 3.05) is 48.7 Å². The summed E-state index contributed by atoms with van der Waals surface area (Å²) in [5.41, 5.74) is 0.210. The van der Waals surface area contributed by atoms with Gasteiger partial charge in [-0.3, -0.25) is 0 Å². The van der Waals surface area contributed by atoms with Crippen LogP contribution < -0.4 is 15.5 Å². The summed E-state index contributed by atoms with van der Waals surface area (Å²) < 4.78 is 66.4. The number of halogens is 3. The van der Waals surface area contributed by atoms with Gasteiger partial charge in [0.05, 0.1) is 5.75 Å². The van der Waals surface area contributed by atoms with Gasteiger partial charge < -0.3 is 15.5 Å². The van der Waals surface area contributed by atoms with Crippen LogP contribution in [0.25, 0.3) is 0 Å². The second-order valence-electron chi connectivity index (χ2n) is 6.66. The number of anilines is 2. The Morgan fingerprint density at radius 1 is 0.933 bits per heavy atom. The summed E-state index contributed by atoms with van der Waals surface area (Å²) in [6.45, 7) is 1.19. The smallest absolute Gasteiger partial charge is 0.319 e. The molecule has 162 valence electrons. The Kier molecular flexibility index (Phi) is 6.83. The molecule has 7 nitrogen and oxygen atoms in total. The van der Waals surface area contributed by atoms with Crippen LogP contribution in [-0.4, -0.2) is 57.2 Å². The van der Waals surface area contributed by atoms with E-state index in [-0.39, 0.29) is 31.2 Å². The number of sulfonamides is 1. The number of rotatable bonds is 6. The molecule has 1 aliphatic heterocycles. The molecule has 30 heavy (non-hydrogen) atoms. The summed E-state index contributed by atoms with van der Waals surface area (Å²) in [7, 11) is -3.62. The number of carbonyl (C=O) groups is 1. The highest BCUT2D eigenvalue weighted by molar-refractivity contribution is 7.89. The Bertz CT molecular complexity index is 974. The van der Waals surface area contributed by atoms with E-state index >= 15 is 0 Å². The Morgan fingerprint density at radius 3 is 2.13 bits per heavy atom. The summed E-state index contributed by atoms with van der Waals surface area (Å²) in [6, 6.07) is 8.22. The van der Waals surface area contributed by atoms with E-state index in [1.165, 1.54) is 16.4 Å². The summed E-state index contributed by atoms with van der Waals surface area (Å²) in [5, 5.41) is 4.32. The number of hydrogen-bond donors (Lipinski definition) is 2. The van der Waals surface area contributed by atoms with Crippen molar-refractivity contribution < 1.29 is 26.4 Å². The van der Waals surface area contributed by atoms with Crippen LogP contribution in [0.1, 0.15) is 0 Å². The molecule has 1 fully saturated rings. The Balaban J connectivity index is 1.46. The summed E-state index contributed by atoms with van der Waals surface area (Å²) in [5.74, 6) is -2.56. The number of piperazine rings is 1. The molecule has 3 rings (SSSR count). The molecule has 0 unspecified atom stereocenters. The van der Waals surface area contributed by atoms with Gasteiger partial charge in [-0.15, -0.1) is 0 Å². The van der Waals surface area contributed by atoms with Gasteiger partial charge in [-0.1, -0.05) is 6.07 Å². The van der Waals surface area contributed by atoms with Crippen LogP contribution in [0.2, 0.25) is 0 Å². The highest BCUT2D eigenvalue weighted by atomic mass is 32.2. The van der Waals surface area contributed by atoms with Gasteiger partial charge >= 0.3 is 6.03 Å². The predicted molar refractivity (Wildman–Crippen MR) is 107 cm³/mol. The first kappa shape index (κ1) is 21.9. The van der Waals surface area contributed by atoms with Crippen molar-refractivity contribution in [3.8, 4) is 0 Å². The third kappa shape index (κ3) is 5.42. The van der Waals surface area contributed by atoms with Crippen LogP contribution in [0.4, 0.5) is 29.3 Å². The lowest BCUT2D eigenvalue weighted by molar-refractivity contribution is 0.252. The van der Waals surface area contributed by atoms with Gasteiger partial charge in [0.1, 0.15) is 23.1 Å². The van der Waals surface area contributed by atoms with Crippen molar-refractivity contribution in [2.24, 2.45) is 0 Å². The number of benzene rings is 2. The van der Waals surface area contributed by atoms with Crippen molar-refractivity contribution in [2.45, 2.75) is 0 Å². The molecule has 0 saturated carbocycles. The van der Waals surface area contributed by atoms with Crippen LogP contribution in [0, 0.1) is 17.5 Å². The molecule has 0 aromatic heterocycles. The number of para-hydroxylation sites is 1. The maximum atomic E-state index is 13.5. The second-order valence-corrected chi connectivity index (χ2v) is 8.74. The zero-order chi connectivity index (χ0) is 21.7. The lowest BCUT2D eigenvalue weighted by Gasteiger charge is -2.35. The van der Waals surface area contributed by atoms with Gasteiger partial charge in [-0.2, -0.15) is 4.31 Å². The van der Waals surface area contributed by atoms with Crippen molar-refractivity contribution >= 4 is 27.4 Å². The summed E-state index contributed by atoms with van der Waals surface area (Å²) in [4.78, 5) is 13.8. The first-order valence-electron chi connectivity index (χ1n) is 9.23. The second kappa shape index (κ2) is 9.35. The van der Waals surface area contributed by atoms with Crippen LogP contribution in [-0.2, 0) is 10.0 Å². The van der Waals surface area contributed by atoms with Gasteiger partial charge in [0.15, 0.2) is 0 Å². The molecular weight excluding hydrogens is 421 g/mol. The van der Waals surface area contributed by atoms with Crippen LogP contribution in [0.3, 0.4) is 0 Å². The maximum Gasteiger partial charge on any atom is 0.319 e. The monoisotopic (exact) mass is 442 g/mol. The first-order chi connectivity index (χ1) is 14.3. The number of carbonyl (C=O) groups excluding carboxylic acids is 1. The number of hydrogen-bond acceptors (Lipinski definition) is 4. The van der Waals surface area contributed by atoms with E-state index in [1.807, 2.05) is 10.2 Å². The molecular formula is C19H21F3N4O3S. The minimum atomic E-state index is -3.62. The molecule has 2 aromatic carbocycles. The molecule has 0 spiro atoms. The molecule has 11 heteroatoms. The largest absolute Gasteiger partial charge is 0.369 e. The fraction of sp³-hybridized carbons (Fsp3) is 0.316. The minimum Gasteiger partial charge on any atom is -0.369 e. The van der Waals surface area contributed by atoms with E-state index < -0.39 is 33.4 Å². The summed E-state index contributed by atoms with van der Waals surface area (Å²) >= 11 is 0. The van der Waals surface area contributed by atoms with E-state index in [2.05, 4.69) is 5.32 Å². The van der Waals surface area contributed by atoms with Gasteiger partial charge in [-0.05, 0) is 36.4 Å². The molecule has 2 amide bonds. The third-order valence-electron chi connectivity index (χ3n) is 4.67. The zero-order valence-corrected chi connectivity index (χ0v) is 16.8. The van der Waals surface area contributed by atoms with Crippen LogP contribution in [0.5, 0.6) is 0 Å². The highest BCUT2D eigenvalue weighted by Crippen LogP contribution is 2.19. The quantitative estimate of drug-likeness (QED) is 0.720. The molecule has 1 saturated heterocycles. The zero-order valence-electron chi connectivity index (χ0n) is 15.9. The molecule has 2 N–H and O–H groups in total. The Labute approximate surface area is 172 Å². The number of nitrogens with one attached hydrogen (secondary N) is 2. The number of amides is 2. The maximum absolute atomic E-state index is 13.5. The molecule has 0 bridgehead atoms. The lowest BCUT2D eigenvalue weighted by Crippen LogP contribution is -2.50. The van der Waals surface area contributed by atoms with Gasteiger partial charge in [-0.25, -0.2) is 26.4 Å². The third-order valence-corrected chi connectivity index (χ3v) is 6.54. The molecule has 1 heterocycles. The highest BCUT2D eigenvalue weighted by Gasteiger charge is 2.27. The first-order valence-corrected chi connectivity index (χ1v) is 10.8. The van der Waals surface area contributed by atoms with Crippen molar-refractivity contribution in [3.63, 3.8) is 0 Å². The van der Waals surface area contributed by atoms with E-state index in [9.17, 15) is 26.4 Å². The molecule has 2 aromatic rings. The molecule has 0 aliphatic carbocycles.